The van der Waals surface area contributed by atoms with Crippen LogP contribution in [-0.4, -0.2) is 87.2 Å². The van der Waals surface area contributed by atoms with Crippen molar-refractivity contribution in [2.45, 2.75) is 185 Å². The third-order valence-electron chi connectivity index (χ3n) is 18.0. The predicted molar refractivity (Wildman–Crippen MR) is 203 cm³/mol. The molecule has 0 spiro atoms. The number of piperidine rings is 1. The van der Waals surface area contributed by atoms with Crippen molar-refractivity contribution in [2.24, 2.45) is 57.5 Å². The van der Waals surface area contributed by atoms with Crippen molar-refractivity contribution in [1.29, 1.82) is 0 Å². The van der Waals surface area contributed by atoms with Crippen LogP contribution in [0.5, 0.6) is 0 Å². The van der Waals surface area contributed by atoms with Crippen molar-refractivity contribution in [2.75, 3.05) is 19.8 Å². The van der Waals surface area contributed by atoms with Gasteiger partial charge < -0.3 is 41.0 Å². The lowest BCUT2D eigenvalue weighted by molar-refractivity contribution is -0.197. The maximum absolute atomic E-state index is 14.4. The lowest BCUT2D eigenvalue weighted by Crippen LogP contribution is -2.64. The molecule has 0 amide bonds. The highest BCUT2D eigenvalue weighted by Gasteiger charge is 2.75. The van der Waals surface area contributed by atoms with Crippen LogP contribution in [0.2, 0.25) is 0 Å². The molecule has 3 heterocycles. The molecule has 9 nitrogen and oxygen atoms in total. The van der Waals surface area contributed by atoms with E-state index in [1.54, 1.807) is 0 Å². The molecule has 7 fully saturated rings. The van der Waals surface area contributed by atoms with Gasteiger partial charge in [0.2, 0.25) is 0 Å². The van der Waals surface area contributed by atoms with E-state index in [0.717, 1.165) is 89.2 Å². The molecule has 3 aliphatic heterocycles. The highest BCUT2D eigenvalue weighted by Crippen LogP contribution is 2.72. The maximum atomic E-state index is 14.4. The van der Waals surface area contributed by atoms with E-state index in [2.05, 4.69) is 19.2 Å². The number of nitrogens with two attached hydrogens (primary N) is 1. The van der Waals surface area contributed by atoms with Gasteiger partial charge in [-0.1, -0.05) is 40.0 Å². The van der Waals surface area contributed by atoms with Gasteiger partial charge >= 0.3 is 0 Å². The average Bonchev–Trinajstić information content (AvgIpc) is 3.91. The molecule has 4 saturated carbocycles. The van der Waals surface area contributed by atoms with E-state index in [-0.39, 0.29) is 47.8 Å². The van der Waals surface area contributed by atoms with Crippen LogP contribution in [0, 0.1) is 51.8 Å². The number of rotatable bonds is 9. The number of nitrogens with one attached hydrogen (secondary N) is 1. The Hall–Kier alpha value is -0.910. The quantitative estimate of drug-likeness (QED) is 0.167. The summed E-state index contributed by atoms with van der Waals surface area (Å²) in [6.45, 7) is 9.81. The van der Waals surface area contributed by atoms with Gasteiger partial charge in [0.05, 0.1) is 30.1 Å². The van der Waals surface area contributed by atoms with Gasteiger partial charge in [-0.3, -0.25) is 4.79 Å². The van der Waals surface area contributed by atoms with Gasteiger partial charge in [-0.05, 0) is 156 Å². The molecule has 8 aliphatic rings. The largest absolute Gasteiger partial charge is 0.396 e. The van der Waals surface area contributed by atoms with Crippen molar-refractivity contribution in [1.82, 2.24) is 5.32 Å². The number of hydrogen-bond donors (Lipinski definition) is 6. The number of carbonyl (C=O) groups excluding carboxylic acids is 1. The molecular weight excluding hydrogens is 668 g/mol. The van der Waals surface area contributed by atoms with Crippen LogP contribution in [0.25, 0.3) is 0 Å². The molecule has 15 atom stereocenters. The van der Waals surface area contributed by atoms with Gasteiger partial charge in [0, 0.05) is 23.4 Å². The first-order valence-electron chi connectivity index (χ1n) is 21.9. The van der Waals surface area contributed by atoms with E-state index in [1.165, 1.54) is 19.3 Å². The van der Waals surface area contributed by atoms with E-state index < -0.39 is 39.8 Å². The number of aliphatic hydroxyl groups is 4. The Kier molecular flexibility index (Phi) is 10.2. The standard InChI is InChI=1S/C44H72N2O7/c1-27-15-21-52-43(25-27,38-37(53-38)41(4,50)39(2,26-47)16-10-28-14-20-46-36(45)22-28)35-13-19-44(51)32-24-34(49)33-23-30(48)11-18-42(33,29-8-6-5-7-9-29)31(32)12-17-40(35,44)3/h24,27-31,33,35-38,46-48,50-51H,5-23,25-26,45H2,1-4H3. The number of ether oxygens (including phenoxy) is 2. The van der Waals surface area contributed by atoms with Crippen LogP contribution in [0.4, 0.5) is 0 Å². The van der Waals surface area contributed by atoms with Crippen molar-refractivity contribution in [3.05, 3.63) is 11.6 Å². The van der Waals surface area contributed by atoms with E-state index in [0.29, 0.717) is 43.6 Å². The number of ketones is 1. The summed E-state index contributed by atoms with van der Waals surface area (Å²) in [5, 5.41) is 51.0. The zero-order valence-electron chi connectivity index (χ0n) is 33.3. The minimum Gasteiger partial charge on any atom is -0.396 e. The highest BCUT2D eigenvalue weighted by atomic mass is 16.6. The molecule has 0 bridgehead atoms. The number of hydrogen-bond acceptors (Lipinski definition) is 9. The van der Waals surface area contributed by atoms with Gasteiger partial charge in [0.25, 0.3) is 0 Å². The van der Waals surface area contributed by atoms with E-state index in [4.69, 9.17) is 15.2 Å². The first-order chi connectivity index (χ1) is 25.1. The topological polar surface area (TPSA) is 158 Å². The fourth-order valence-corrected chi connectivity index (χ4v) is 14.6. The summed E-state index contributed by atoms with van der Waals surface area (Å²) in [7, 11) is 0. The average molecular weight is 741 g/mol. The minimum absolute atomic E-state index is 0.00477. The van der Waals surface area contributed by atoms with Crippen LogP contribution in [-0.2, 0) is 14.3 Å². The molecule has 300 valence electrons. The first-order valence-corrected chi connectivity index (χ1v) is 21.9. The number of carbonyl (C=O) groups is 1. The number of fused-ring (bicyclic) bond motifs is 5. The summed E-state index contributed by atoms with van der Waals surface area (Å²) in [4.78, 5) is 14.4. The van der Waals surface area contributed by atoms with Crippen molar-refractivity contribution >= 4 is 5.78 Å². The summed E-state index contributed by atoms with van der Waals surface area (Å²) < 4.78 is 13.8. The van der Waals surface area contributed by atoms with Crippen LogP contribution >= 0.6 is 0 Å². The van der Waals surface area contributed by atoms with E-state index in [9.17, 15) is 25.2 Å². The molecule has 0 aromatic carbocycles. The summed E-state index contributed by atoms with van der Waals surface area (Å²) in [6.07, 6.45) is 17.2. The fourth-order valence-electron chi connectivity index (χ4n) is 14.6. The second-order valence-electron chi connectivity index (χ2n) is 20.6. The highest BCUT2D eigenvalue weighted by molar-refractivity contribution is 5.95. The van der Waals surface area contributed by atoms with Crippen molar-refractivity contribution in [3.8, 4) is 0 Å². The first kappa shape index (κ1) is 38.9. The van der Waals surface area contributed by atoms with Crippen LogP contribution < -0.4 is 11.1 Å². The Morgan fingerprint density at radius 3 is 2.49 bits per heavy atom. The molecule has 0 aromatic heterocycles. The summed E-state index contributed by atoms with van der Waals surface area (Å²) >= 11 is 0. The summed E-state index contributed by atoms with van der Waals surface area (Å²) in [6, 6.07) is 0. The lowest BCUT2D eigenvalue weighted by Gasteiger charge is -2.64. The summed E-state index contributed by atoms with van der Waals surface area (Å²) in [5.74, 6) is 1.44. The van der Waals surface area contributed by atoms with Gasteiger partial charge in [0.15, 0.2) is 5.78 Å². The number of allylic oxidation sites excluding steroid dienone is 1. The normalized spacial score (nSPS) is 49.9. The Bertz CT molecular complexity index is 1420. The predicted octanol–water partition coefficient (Wildman–Crippen LogP) is 5.55. The second kappa shape index (κ2) is 13.9. The monoisotopic (exact) mass is 741 g/mol. The SMILES string of the molecule is CC1CCOC(C2OC2C(C)(O)C(C)(CO)CCC2CCNC(N)C2)(C2CCC3(O)C4=CC(=O)C5CC(O)CCC5(C5CCCCC5)C4CCC23C)C1. The molecule has 0 aromatic rings. The minimum atomic E-state index is -1.29. The number of aliphatic hydroxyl groups excluding tert-OH is 2. The third-order valence-corrected chi connectivity index (χ3v) is 18.0. The van der Waals surface area contributed by atoms with Crippen LogP contribution in [0.15, 0.2) is 11.6 Å². The zero-order chi connectivity index (χ0) is 37.6. The molecule has 5 aliphatic carbocycles. The van der Waals surface area contributed by atoms with Gasteiger partial charge in [0.1, 0.15) is 17.8 Å². The zero-order valence-corrected chi connectivity index (χ0v) is 33.3. The summed E-state index contributed by atoms with van der Waals surface area (Å²) in [5.41, 5.74) is 2.62. The van der Waals surface area contributed by atoms with Crippen molar-refractivity contribution < 1.29 is 34.7 Å². The second-order valence-corrected chi connectivity index (χ2v) is 20.6. The molecular formula is C44H72N2O7. The molecule has 0 radical (unpaired) electrons. The Morgan fingerprint density at radius 1 is 1.00 bits per heavy atom. The molecule has 9 heteroatoms. The maximum Gasteiger partial charge on any atom is 0.159 e. The smallest absolute Gasteiger partial charge is 0.159 e. The van der Waals surface area contributed by atoms with E-state index >= 15 is 0 Å². The Labute approximate surface area is 318 Å². The lowest BCUT2D eigenvalue weighted by atomic mass is 9.41. The fraction of sp³-hybridized carbons (Fsp3) is 0.932. The third kappa shape index (κ3) is 5.93. The number of epoxide rings is 1. The Morgan fingerprint density at radius 2 is 1.77 bits per heavy atom. The molecule has 15 unspecified atom stereocenters. The molecule has 3 saturated heterocycles. The molecule has 7 N–H and O–H groups in total. The van der Waals surface area contributed by atoms with Gasteiger partial charge in [-0.15, -0.1) is 0 Å². The van der Waals surface area contributed by atoms with Crippen molar-refractivity contribution in [3.63, 3.8) is 0 Å². The van der Waals surface area contributed by atoms with Gasteiger partial charge in [-0.25, -0.2) is 0 Å². The molecule has 8 rings (SSSR count). The van der Waals surface area contributed by atoms with Crippen LogP contribution in [0.1, 0.15) is 143 Å². The molecule has 53 heavy (non-hydrogen) atoms. The van der Waals surface area contributed by atoms with Gasteiger partial charge in [-0.2, -0.15) is 0 Å². The Balaban J connectivity index is 1.10. The van der Waals surface area contributed by atoms with E-state index in [1.807, 2.05) is 19.9 Å². The van der Waals surface area contributed by atoms with Crippen LogP contribution in [0.3, 0.4) is 0 Å².